The summed E-state index contributed by atoms with van der Waals surface area (Å²) in [6.07, 6.45) is 2.25. The lowest BCUT2D eigenvalue weighted by Gasteiger charge is -2.18. The van der Waals surface area contributed by atoms with Crippen molar-refractivity contribution in [2.75, 3.05) is 0 Å². The minimum absolute atomic E-state index is 0.354. The van der Waals surface area contributed by atoms with E-state index in [2.05, 4.69) is 9.98 Å². The molecule has 6 heteroatoms. The first kappa shape index (κ1) is 15.2. The third-order valence-corrected chi connectivity index (χ3v) is 2.65. The van der Waals surface area contributed by atoms with E-state index in [-0.39, 0.29) is 0 Å². The predicted molar refractivity (Wildman–Crippen MR) is 79.2 cm³/mol. The van der Waals surface area contributed by atoms with Crippen molar-refractivity contribution in [1.82, 2.24) is 0 Å². The van der Waals surface area contributed by atoms with Gasteiger partial charge in [0.05, 0.1) is 0 Å². The monoisotopic (exact) mass is 296 g/mol. The van der Waals surface area contributed by atoms with E-state index in [1.165, 1.54) is 12.2 Å². The molecule has 0 heterocycles. The van der Waals surface area contributed by atoms with Crippen molar-refractivity contribution >= 4 is 23.5 Å². The molecule has 0 aliphatic heterocycles. The molecular formula is C16H12N2O4. The average Bonchev–Trinajstić information content (AvgIpc) is 2.52. The van der Waals surface area contributed by atoms with Crippen LogP contribution < -0.4 is 9.47 Å². The molecule has 0 aliphatic rings. The smallest absolute Gasteiger partial charge is 0.240 e. The summed E-state index contributed by atoms with van der Waals surface area (Å²) >= 11 is 0. The van der Waals surface area contributed by atoms with Crippen molar-refractivity contribution in [2.24, 2.45) is 9.98 Å². The van der Waals surface area contributed by atoms with Gasteiger partial charge in [0.15, 0.2) is 11.5 Å². The summed E-state index contributed by atoms with van der Waals surface area (Å²) in [5.41, 5.74) is 0.708. The number of hydrogen-bond acceptors (Lipinski definition) is 6. The fraction of sp³-hybridized carbons (Fsp3) is 0.125. The number of ether oxygens (including phenoxy) is 2. The molecule has 6 nitrogen and oxygen atoms in total. The third kappa shape index (κ3) is 3.90. The van der Waals surface area contributed by atoms with E-state index in [1.807, 2.05) is 0 Å². The van der Waals surface area contributed by atoms with E-state index >= 15 is 0 Å². The third-order valence-electron chi connectivity index (χ3n) is 2.65. The molecular weight excluding hydrogens is 284 g/mol. The van der Waals surface area contributed by atoms with Crippen LogP contribution in [0.4, 0.5) is 11.4 Å². The second kappa shape index (κ2) is 7.55. The van der Waals surface area contributed by atoms with Crippen molar-refractivity contribution in [3.63, 3.8) is 0 Å². The summed E-state index contributed by atoms with van der Waals surface area (Å²) in [7, 11) is 0. The van der Waals surface area contributed by atoms with Gasteiger partial charge in [-0.2, -0.15) is 9.98 Å². The van der Waals surface area contributed by atoms with E-state index in [1.54, 1.807) is 55.5 Å². The zero-order valence-electron chi connectivity index (χ0n) is 11.7. The summed E-state index contributed by atoms with van der Waals surface area (Å²) in [4.78, 5) is 27.9. The largest absolute Gasteiger partial charge is 0.453 e. The SMILES string of the molecule is CC(Oc1ccccc1N=C=O)Oc1ccccc1N=C=O. The number of nitrogens with zero attached hydrogens (tertiary/aromatic N) is 2. The molecule has 0 unspecified atom stereocenters. The predicted octanol–water partition coefficient (Wildman–Crippen LogP) is 3.43. The lowest BCUT2D eigenvalue weighted by Crippen LogP contribution is -2.19. The van der Waals surface area contributed by atoms with E-state index in [0.29, 0.717) is 22.9 Å². The summed E-state index contributed by atoms with van der Waals surface area (Å²) < 4.78 is 11.2. The fourth-order valence-corrected chi connectivity index (χ4v) is 1.78. The molecule has 0 aliphatic carbocycles. The summed E-state index contributed by atoms with van der Waals surface area (Å²) in [6.45, 7) is 1.67. The van der Waals surface area contributed by atoms with Crippen molar-refractivity contribution in [3.05, 3.63) is 48.5 Å². The highest BCUT2D eigenvalue weighted by molar-refractivity contribution is 5.58. The van der Waals surface area contributed by atoms with Crippen LogP contribution >= 0.6 is 0 Å². The maximum Gasteiger partial charge on any atom is 0.240 e. The van der Waals surface area contributed by atoms with Crippen LogP contribution in [0.15, 0.2) is 58.5 Å². The van der Waals surface area contributed by atoms with Crippen molar-refractivity contribution < 1.29 is 19.1 Å². The van der Waals surface area contributed by atoms with Gasteiger partial charge < -0.3 is 9.47 Å². The Morgan fingerprint density at radius 1 is 0.818 bits per heavy atom. The van der Waals surface area contributed by atoms with Crippen LogP contribution in [-0.2, 0) is 9.59 Å². The first-order chi connectivity index (χ1) is 10.7. The van der Waals surface area contributed by atoms with Crippen LogP contribution in [0, 0.1) is 0 Å². The van der Waals surface area contributed by atoms with E-state index < -0.39 is 6.29 Å². The molecule has 0 fully saturated rings. The Balaban J connectivity index is 2.16. The van der Waals surface area contributed by atoms with Gasteiger partial charge in [0.1, 0.15) is 11.4 Å². The Hall–Kier alpha value is -3.20. The zero-order chi connectivity index (χ0) is 15.8. The van der Waals surface area contributed by atoms with E-state index in [0.717, 1.165) is 0 Å². The van der Waals surface area contributed by atoms with Gasteiger partial charge in [0.2, 0.25) is 18.4 Å². The Labute approximate surface area is 126 Å². The number of rotatable bonds is 6. The van der Waals surface area contributed by atoms with Gasteiger partial charge in [-0.1, -0.05) is 24.3 Å². The van der Waals surface area contributed by atoms with E-state index in [9.17, 15) is 9.59 Å². The van der Waals surface area contributed by atoms with Crippen LogP contribution in [0.2, 0.25) is 0 Å². The quantitative estimate of drug-likeness (QED) is 0.465. The lowest BCUT2D eigenvalue weighted by atomic mass is 10.3. The first-order valence-electron chi connectivity index (χ1n) is 6.41. The number of isocyanates is 2. The Bertz CT molecular complexity index is 684. The van der Waals surface area contributed by atoms with Gasteiger partial charge >= 0.3 is 0 Å². The van der Waals surface area contributed by atoms with Crippen molar-refractivity contribution in [3.8, 4) is 11.5 Å². The molecule has 0 bridgehead atoms. The highest BCUT2D eigenvalue weighted by Gasteiger charge is 2.11. The summed E-state index contributed by atoms with van der Waals surface area (Å²) in [5, 5.41) is 0. The molecule has 110 valence electrons. The van der Waals surface area contributed by atoms with Gasteiger partial charge in [0, 0.05) is 6.92 Å². The number of carbonyl (C=O) groups excluding carboxylic acids is 2. The van der Waals surface area contributed by atoms with Crippen LogP contribution in [0.3, 0.4) is 0 Å². The molecule has 2 aromatic rings. The average molecular weight is 296 g/mol. The Morgan fingerprint density at radius 3 is 1.64 bits per heavy atom. The molecule has 2 rings (SSSR count). The molecule has 0 atom stereocenters. The number of para-hydroxylation sites is 4. The molecule has 0 N–H and O–H groups in total. The summed E-state index contributed by atoms with van der Waals surface area (Å²) in [5.74, 6) is 0.768. The van der Waals surface area contributed by atoms with E-state index in [4.69, 9.17) is 9.47 Å². The van der Waals surface area contributed by atoms with Gasteiger partial charge in [-0.05, 0) is 24.3 Å². The van der Waals surface area contributed by atoms with Crippen LogP contribution in [0.5, 0.6) is 11.5 Å². The number of hydrogen-bond donors (Lipinski definition) is 0. The molecule has 0 aromatic heterocycles. The zero-order valence-corrected chi connectivity index (χ0v) is 11.7. The highest BCUT2D eigenvalue weighted by atomic mass is 16.7. The first-order valence-corrected chi connectivity index (χ1v) is 6.41. The van der Waals surface area contributed by atoms with Crippen LogP contribution in [0.25, 0.3) is 0 Å². The second-order valence-corrected chi connectivity index (χ2v) is 4.14. The van der Waals surface area contributed by atoms with Gasteiger partial charge in [-0.3, -0.25) is 0 Å². The van der Waals surface area contributed by atoms with Crippen molar-refractivity contribution in [1.29, 1.82) is 0 Å². The topological polar surface area (TPSA) is 77.3 Å². The fourth-order valence-electron chi connectivity index (χ4n) is 1.78. The van der Waals surface area contributed by atoms with Crippen LogP contribution in [0.1, 0.15) is 6.92 Å². The normalized spacial score (nSPS) is 10.8. The minimum atomic E-state index is -0.689. The molecule has 0 spiro atoms. The summed E-state index contributed by atoms with van der Waals surface area (Å²) in [6, 6.07) is 13.5. The molecule has 2 aromatic carbocycles. The standard InChI is InChI=1S/C16H12N2O4/c1-12(21-15-8-4-2-6-13(15)17-10-19)22-16-9-5-3-7-14(16)18-11-20/h2-9,12H,1H3. The maximum atomic E-state index is 10.4. The lowest BCUT2D eigenvalue weighted by molar-refractivity contribution is 0.0233. The van der Waals surface area contributed by atoms with Crippen molar-refractivity contribution in [2.45, 2.75) is 13.2 Å². The molecule has 0 saturated heterocycles. The molecule has 0 radical (unpaired) electrons. The van der Waals surface area contributed by atoms with Crippen LogP contribution in [-0.4, -0.2) is 18.4 Å². The highest BCUT2D eigenvalue weighted by Crippen LogP contribution is 2.30. The second-order valence-electron chi connectivity index (χ2n) is 4.14. The molecule has 22 heavy (non-hydrogen) atoms. The van der Waals surface area contributed by atoms with Gasteiger partial charge in [-0.15, -0.1) is 0 Å². The minimum Gasteiger partial charge on any atom is -0.453 e. The molecule has 0 amide bonds. The maximum absolute atomic E-state index is 10.4. The van der Waals surface area contributed by atoms with Gasteiger partial charge in [-0.25, -0.2) is 9.59 Å². The Kier molecular flexibility index (Phi) is 5.21. The Morgan fingerprint density at radius 2 is 1.23 bits per heavy atom. The number of benzene rings is 2. The molecule has 0 saturated carbocycles. The number of aliphatic imine (C=N–C) groups is 2. The van der Waals surface area contributed by atoms with Gasteiger partial charge in [0.25, 0.3) is 0 Å².